The summed E-state index contributed by atoms with van der Waals surface area (Å²) in [6.45, 7) is 4.26. The first kappa shape index (κ1) is 17.0. The average Bonchev–Trinajstić information content (AvgIpc) is 2.38. The molecule has 0 saturated carbocycles. The topological polar surface area (TPSA) is 46.2 Å². The molecule has 0 atom stereocenters. The normalized spacial score (nSPS) is 10.7. The van der Waals surface area contributed by atoms with E-state index in [-0.39, 0.29) is 23.8 Å². The lowest BCUT2D eigenvalue weighted by atomic mass is 10.0. The Morgan fingerprint density at radius 2 is 1.95 bits per heavy atom. The third-order valence-electron chi connectivity index (χ3n) is 2.86. The van der Waals surface area contributed by atoms with E-state index in [1.165, 1.54) is 6.07 Å². The van der Waals surface area contributed by atoms with Gasteiger partial charge in [-0.15, -0.1) is 0 Å². The van der Waals surface area contributed by atoms with Crippen LogP contribution in [-0.4, -0.2) is 18.2 Å². The van der Waals surface area contributed by atoms with E-state index in [4.69, 9.17) is 23.2 Å². The number of amides is 1. The summed E-state index contributed by atoms with van der Waals surface area (Å²) in [7, 11) is 0. The van der Waals surface area contributed by atoms with Crippen molar-refractivity contribution in [3.8, 4) is 0 Å². The summed E-state index contributed by atoms with van der Waals surface area (Å²) in [6, 6.07) is 4.66. The number of carbonyl (C=O) groups excluding carboxylic acids is 2. The minimum atomic E-state index is -0.380. The van der Waals surface area contributed by atoms with E-state index in [9.17, 15) is 9.59 Å². The zero-order valence-corrected chi connectivity index (χ0v) is 13.2. The maximum absolute atomic E-state index is 11.9. The highest BCUT2D eigenvalue weighted by molar-refractivity contribution is 6.35. The maximum atomic E-state index is 11.9. The van der Waals surface area contributed by atoms with Gasteiger partial charge < -0.3 is 5.32 Å². The first-order chi connectivity index (χ1) is 9.40. The monoisotopic (exact) mass is 315 g/mol. The molecule has 0 unspecified atom stereocenters. The molecule has 1 aromatic carbocycles. The van der Waals surface area contributed by atoms with Crippen molar-refractivity contribution < 1.29 is 9.59 Å². The van der Waals surface area contributed by atoms with Crippen LogP contribution in [0.15, 0.2) is 18.2 Å². The lowest BCUT2D eigenvalue weighted by Crippen LogP contribution is -2.29. The fourth-order valence-electron chi connectivity index (χ4n) is 1.74. The highest BCUT2D eigenvalue weighted by Gasteiger charge is 2.12. The van der Waals surface area contributed by atoms with Gasteiger partial charge in [-0.2, -0.15) is 0 Å². The van der Waals surface area contributed by atoms with E-state index in [2.05, 4.69) is 19.2 Å². The summed E-state index contributed by atoms with van der Waals surface area (Å²) < 4.78 is 0. The molecule has 0 aliphatic carbocycles. The SMILES string of the molecule is CC(C)CCCC(=O)CNC(=O)c1cc(Cl)ccc1Cl. The van der Waals surface area contributed by atoms with Gasteiger partial charge in [0.05, 0.1) is 17.1 Å². The molecule has 1 amide bonds. The van der Waals surface area contributed by atoms with Crippen LogP contribution in [0.2, 0.25) is 10.0 Å². The first-order valence-corrected chi connectivity index (χ1v) is 7.40. The minimum absolute atomic E-state index is 0.0251. The van der Waals surface area contributed by atoms with Crippen LogP contribution in [0.1, 0.15) is 43.5 Å². The van der Waals surface area contributed by atoms with E-state index >= 15 is 0 Å². The molecule has 110 valence electrons. The molecule has 20 heavy (non-hydrogen) atoms. The third-order valence-corrected chi connectivity index (χ3v) is 3.42. The summed E-state index contributed by atoms with van der Waals surface area (Å²) in [4.78, 5) is 23.5. The van der Waals surface area contributed by atoms with Crippen molar-refractivity contribution in [2.24, 2.45) is 5.92 Å². The number of rotatable bonds is 7. The number of nitrogens with one attached hydrogen (secondary N) is 1. The number of carbonyl (C=O) groups is 2. The molecule has 0 radical (unpaired) electrons. The summed E-state index contributed by atoms with van der Waals surface area (Å²) in [5, 5.41) is 3.33. The third kappa shape index (κ3) is 5.93. The van der Waals surface area contributed by atoms with Crippen LogP contribution >= 0.6 is 23.2 Å². The second-order valence-electron chi connectivity index (χ2n) is 5.13. The first-order valence-electron chi connectivity index (χ1n) is 6.65. The van der Waals surface area contributed by atoms with Crippen molar-refractivity contribution in [1.82, 2.24) is 5.32 Å². The standard InChI is InChI=1S/C15H19Cl2NO2/c1-10(2)4-3-5-12(19)9-18-15(20)13-8-11(16)6-7-14(13)17/h6-8,10H,3-5,9H2,1-2H3,(H,18,20). The van der Waals surface area contributed by atoms with E-state index < -0.39 is 0 Å². The number of ketones is 1. The molecule has 0 spiro atoms. The number of Topliss-reactive ketones (excluding diaryl/α,β-unsaturated/α-hetero) is 1. The number of hydrogen-bond acceptors (Lipinski definition) is 2. The van der Waals surface area contributed by atoms with Gasteiger partial charge in [0.1, 0.15) is 0 Å². The van der Waals surface area contributed by atoms with Crippen LogP contribution in [0.3, 0.4) is 0 Å². The summed E-state index contributed by atoms with van der Waals surface area (Å²) in [5.41, 5.74) is 0.286. The summed E-state index contributed by atoms with van der Waals surface area (Å²) >= 11 is 11.7. The van der Waals surface area contributed by atoms with Crippen LogP contribution < -0.4 is 5.32 Å². The predicted molar refractivity (Wildman–Crippen MR) is 82.5 cm³/mol. The van der Waals surface area contributed by atoms with Crippen LogP contribution in [0.5, 0.6) is 0 Å². The molecule has 1 N–H and O–H groups in total. The van der Waals surface area contributed by atoms with Gasteiger partial charge >= 0.3 is 0 Å². The minimum Gasteiger partial charge on any atom is -0.345 e. The van der Waals surface area contributed by atoms with Gasteiger partial charge in [0.2, 0.25) is 0 Å². The molecule has 0 aliphatic heterocycles. The van der Waals surface area contributed by atoms with Crippen LogP contribution in [0.4, 0.5) is 0 Å². The maximum Gasteiger partial charge on any atom is 0.253 e. The molecule has 0 aromatic heterocycles. The van der Waals surface area contributed by atoms with Gasteiger partial charge in [-0.05, 0) is 30.5 Å². The van der Waals surface area contributed by atoms with Crippen LogP contribution in [0, 0.1) is 5.92 Å². The fourth-order valence-corrected chi connectivity index (χ4v) is 2.12. The molecule has 3 nitrogen and oxygen atoms in total. The quantitative estimate of drug-likeness (QED) is 0.822. The molecule has 1 rings (SSSR count). The zero-order chi connectivity index (χ0) is 15.1. The number of hydrogen-bond donors (Lipinski definition) is 1. The van der Waals surface area contributed by atoms with E-state index in [0.717, 1.165) is 12.8 Å². The lowest BCUT2D eigenvalue weighted by molar-refractivity contribution is -0.118. The molecule has 0 fully saturated rings. The summed E-state index contributed by atoms with van der Waals surface area (Å²) in [5.74, 6) is 0.231. The Labute approximate surface area is 129 Å². The Bertz CT molecular complexity index is 487. The van der Waals surface area contributed by atoms with Crippen molar-refractivity contribution in [3.63, 3.8) is 0 Å². The molecule has 0 heterocycles. The second-order valence-corrected chi connectivity index (χ2v) is 5.98. The number of halogens is 2. The predicted octanol–water partition coefficient (Wildman–Crippen LogP) is 4.12. The molecule has 0 bridgehead atoms. The van der Waals surface area contributed by atoms with Crippen LogP contribution in [-0.2, 0) is 4.79 Å². The van der Waals surface area contributed by atoms with Crippen molar-refractivity contribution >= 4 is 34.9 Å². The highest BCUT2D eigenvalue weighted by atomic mass is 35.5. The van der Waals surface area contributed by atoms with Gasteiger partial charge in [0.15, 0.2) is 5.78 Å². The van der Waals surface area contributed by atoms with Gasteiger partial charge in [0, 0.05) is 11.4 Å². The number of benzene rings is 1. The highest BCUT2D eigenvalue weighted by Crippen LogP contribution is 2.20. The van der Waals surface area contributed by atoms with Gasteiger partial charge in [-0.25, -0.2) is 0 Å². The largest absolute Gasteiger partial charge is 0.345 e. The van der Waals surface area contributed by atoms with Crippen molar-refractivity contribution in [2.75, 3.05) is 6.54 Å². The molecule has 0 saturated heterocycles. The molecular formula is C15H19Cl2NO2. The Morgan fingerprint density at radius 3 is 2.60 bits per heavy atom. The molecular weight excluding hydrogens is 297 g/mol. The van der Waals surface area contributed by atoms with Gasteiger partial charge in [-0.3, -0.25) is 9.59 Å². The van der Waals surface area contributed by atoms with E-state index in [1.54, 1.807) is 12.1 Å². The van der Waals surface area contributed by atoms with Crippen molar-refractivity contribution in [2.45, 2.75) is 33.1 Å². The Kier molecular flexibility index (Phi) is 7.03. The smallest absolute Gasteiger partial charge is 0.253 e. The average molecular weight is 316 g/mol. The van der Waals surface area contributed by atoms with E-state index in [0.29, 0.717) is 22.4 Å². The molecule has 1 aromatic rings. The van der Waals surface area contributed by atoms with Gasteiger partial charge in [0.25, 0.3) is 5.91 Å². The van der Waals surface area contributed by atoms with Gasteiger partial charge in [-0.1, -0.05) is 43.5 Å². The Hall–Kier alpha value is -1.06. The Morgan fingerprint density at radius 1 is 1.25 bits per heavy atom. The molecule has 5 heteroatoms. The van der Waals surface area contributed by atoms with Crippen molar-refractivity contribution in [3.05, 3.63) is 33.8 Å². The zero-order valence-electron chi connectivity index (χ0n) is 11.7. The molecule has 0 aliphatic rings. The van der Waals surface area contributed by atoms with Crippen LogP contribution in [0.25, 0.3) is 0 Å². The summed E-state index contributed by atoms with van der Waals surface area (Å²) in [6.07, 6.45) is 2.35. The van der Waals surface area contributed by atoms with E-state index in [1.807, 2.05) is 0 Å². The Balaban J connectivity index is 2.43. The van der Waals surface area contributed by atoms with Crippen molar-refractivity contribution in [1.29, 1.82) is 0 Å². The fraction of sp³-hybridized carbons (Fsp3) is 0.467. The second kappa shape index (κ2) is 8.28. The lowest BCUT2D eigenvalue weighted by Gasteiger charge is -2.07.